The van der Waals surface area contributed by atoms with Gasteiger partial charge in [0.15, 0.2) is 0 Å². The number of rotatable bonds is 4. The van der Waals surface area contributed by atoms with E-state index in [2.05, 4.69) is 101 Å². The molecule has 9 rings (SSSR count). The zero-order valence-corrected chi connectivity index (χ0v) is 23.9. The zero-order chi connectivity index (χ0) is 28.9. The maximum atomic E-state index is 10.3. The average molecular weight is 550 g/mol. The first-order chi connectivity index (χ1) is 21.2. The number of nitriles is 2. The molecular formula is C38H27BN4. The molecule has 0 N–H and O–H groups in total. The largest absolute Gasteiger partial charge is 0.374 e. The lowest BCUT2D eigenvalue weighted by molar-refractivity contribution is 0.607. The third kappa shape index (κ3) is 3.09. The molecule has 4 nitrogen and oxygen atoms in total. The highest BCUT2D eigenvalue weighted by molar-refractivity contribution is 6.88. The van der Waals surface area contributed by atoms with Crippen LogP contribution in [0, 0.1) is 22.7 Å². The van der Waals surface area contributed by atoms with E-state index in [1.807, 2.05) is 24.3 Å². The lowest BCUT2D eigenvalue weighted by atomic mass is 9.48. The van der Waals surface area contributed by atoms with E-state index in [4.69, 9.17) is 0 Å². The fraction of sp³-hybridized carbons (Fsp3) is 0.158. The van der Waals surface area contributed by atoms with Gasteiger partial charge in [0.25, 0.3) is 0 Å². The normalized spacial score (nSPS) is 14.7. The predicted octanol–water partition coefficient (Wildman–Crippen LogP) is 7.43. The Morgan fingerprint density at radius 2 is 1.33 bits per heavy atom. The highest BCUT2D eigenvalue weighted by Gasteiger charge is 2.43. The van der Waals surface area contributed by atoms with Crippen molar-refractivity contribution in [3.05, 3.63) is 114 Å². The fourth-order valence-corrected chi connectivity index (χ4v) is 8.17. The molecule has 0 atom stereocenters. The van der Waals surface area contributed by atoms with Crippen molar-refractivity contribution >= 4 is 61.4 Å². The molecule has 2 aliphatic rings. The lowest BCUT2D eigenvalue weighted by Crippen LogP contribution is -2.53. The van der Waals surface area contributed by atoms with Gasteiger partial charge in [-0.25, -0.2) is 0 Å². The molecule has 5 aromatic carbocycles. The minimum absolute atomic E-state index is 0.213. The van der Waals surface area contributed by atoms with Crippen molar-refractivity contribution < 1.29 is 0 Å². The molecule has 0 saturated heterocycles. The number of benzene rings is 5. The van der Waals surface area contributed by atoms with Crippen molar-refractivity contribution in [2.75, 3.05) is 0 Å². The first kappa shape index (κ1) is 24.4. The van der Waals surface area contributed by atoms with E-state index >= 15 is 0 Å². The second kappa shape index (κ2) is 8.63. The molecule has 0 unspecified atom stereocenters. The minimum Gasteiger partial charge on any atom is -0.374 e. The van der Waals surface area contributed by atoms with Crippen LogP contribution in [0.5, 0.6) is 0 Å². The van der Waals surface area contributed by atoms with Gasteiger partial charge in [-0.3, -0.25) is 0 Å². The Labute approximate surface area is 250 Å². The number of aromatic nitrogens is 2. The Bertz CT molecular complexity index is 2340. The first-order valence-corrected chi connectivity index (χ1v) is 15.2. The molecule has 43 heavy (non-hydrogen) atoms. The van der Waals surface area contributed by atoms with E-state index < -0.39 is 0 Å². The number of fused-ring (bicyclic) bond motifs is 8. The van der Waals surface area contributed by atoms with E-state index in [0.717, 1.165) is 27.5 Å². The van der Waals surface area contributed by atoms with Gasteiger partial charge in [-0.1, -0.05) is 86.1 Å². The van der Waals surface area contributed by atoms with Gasteiger partial charge in [-0.05, 0) is 65.4 Å². The summed E-state index contributed by atoms with van der Waals surface area (Å²) in [5.74, 6) is 0. The Balaban J connectivity index is 1.45. The van der Waals surface area contributed by atoms with Gasteiger partial charge in [-0.2, -0.15) is 10.5 Å². The van der Waals surface area contributed by atoms with Crippen molar-refractivity contribution in [2.45, 2.75) is 38.0 Å². The predicted molar refractivity (Wildman–Crippen MR) is 176 cm³/mol. The second-order valence-corrected chi connectivity index (χ2v) is 12.3. The molecule has 2 aromatic heterocycles. The maximum absolute atomic E-state index is 10.3. The summed E-state index contributed by atoms with van der Waals surface area (Å²) in [6.45, 7) is 2.08. The molecule has 0 bridgehead atoms. The molecule has 1 fully saturated rings. The molecule has 1 saturated carbocycles. The molecule has 0 amide bonds. The van der Waals surface area contributed by atoms with Crippen LogP contribution in [0.3, 0.4) is 0 Å². The van der Waals surface area contributed by atoms with Crippen molar-refractivity contribution in [1.82, 2.24) is 9.05 Å². The molecule has 1 aliphatic carbocycles. The molecule has 5 heteroatoms. The van der Waals surface area contributed by atoms with Gasteiger partial charge >= 0.3 is 6.85 Å². The number of para-hydroxylation sites is 4. The Morgan fingerprint density at radius 1 is 0.698 bits per heavy atom. The Hall–Kier alpha value is -5.26. The Kier molecular flexibility index (Phi) is 4.89. The minimum atomic E-state index is -0.213. The van der Waals surface area contributed by atoms with Crippen LogP contribution in [-0.2, 0) is 5.41 Å². The molecule has 0 spiro atoms. The maximum Gasteiger partial charge on any atom is 0.332 e. The highest BCUT2D eigenvalue weighted by atomic mass is 15.0. The van der Waals surface area contributed by atoms with Crippen LogP contribution in [0.15, 0.2) is 97.1 Å². The van der Waals surface area contributed by atoms with Crippen molar-refractivity contribution in [2.24, 2.45) is 0 Å². The lowest BCUT2D eigenvalue weighted by Gasteiger charge is -2.28. The third-order valence-corrected chi connectivity index (χ3v) is 10.1. The summed E-state index contributed by atoms with van der Waals surface area (Å²) in [4.78, 5) is 0. The van der Waals surface area contributed by atoms with Gasteiger partial charge < -0.3 is 9.05 Å². The van der Waals surface area contributed by atoms with Gasteiger partial charge in [0, 0.05) is 27.2 Å². The smallest absolute Gasteiger partial charge is 0.332 e. The van der Waals surface area contributed by atoms with E-state index in [0.29, 0.717) is 16.5 Å². The quantitative estimate of drug-likeness (QED) is 0.214. The third-order valence-electron chi connectivity index (χ3n) is 10.1. The van der Waals surface area contributed by atoms with Crippen molar-refractivity contribution in [3.63, 3.8) is 0 Å². The molecule has 0 radical (unpaired) electrons. The molecule has 7 aromatic rings. The highest BCUT2D eigenvalue weighted by Crippen LogP contribution is 2.52. The zero-order valence-electron chi connectivity index (χ0n) is 23.9. The van der Waals surface area contributed by atoms with E-state index in [-0.39, 0.29) is 6.85 Å². The summed E-state index contributed by atoms with van der Waals surface area (Å²) in [5.41, 5.74) is 10.7. The van der Waals surface area contributed by atoms with E-state index in [1.54, 1.807) is 0 Å². The summed E-state index contributed by atoms with van der Waals surface area (Å²) < 4.78 is 4.75. The van der Waals surface area contributed by atoms with Gasteiger partial charge in [0.2, 0.25) is 0 Å². The topological polar surface area (TPSA) is 57.4 Å². The van der Waals surface area contributed by atoms with Crippen molar-refractivity contribution in [1.29, 1.82) is 10.5 Å². The fourth-order valence-electron chi connectivity index (χ4n) is 8.17. The van der Waals surface area contributed by atoms with Crippen LogP contribution in [-0.4, -0.2) is 15.9 Å². The summed E-state index contributed by atoms with van der Waals surface area (Å²) in [6.07, 6.45) is 4.97. The standard InChI is InChI=1S/C38H27BN4/c1-2-18-38(19-20-38)26-16-17-27-28-12-7-14-32-37(28)42(34(27)21-26)33-15-4-3-13-31(33)39(32)43-35-24(22-40)8-5-10-29(35)30-11-6-9-25(23-41)36(30)43/h3-17,21H,2,18-20H2,1H3. The van der Waals surface area contributed by atoms with Crippen LogP contribution < -0.4 is 10.9 Å². The molecule has 1 aliphatic heterocycles. The SMILES string of the molecule is CCCC1(c2ccc3c4cccc5c4n(c3c2)-c2ccccc2B5n2c3c(C#N)cccc3c3cccc(C#N)c32)CC1. The Morgan fingerprint density at radius 3 is 1.98 bits per heavy atom. The summed E-state index contributed by atoms with van der Waals surface area (Å²) in [5, 5.41) is 25.1. The van der Waals surface area contributed by atoms with Crippen LogP contribution in [0.2, 0.25) is 0 Å². The summed E-state index contributed by atoms with van der Waals surface area (Å²) >= 11 is 0. The van der Waals surface area contributed by atoms with Gasteiger partial charge in [-0.15, -0.1) is 0 Å². The molecule has 3 heterocycles. The average Bonchev–Trinajstić information content (AvgIpc) is 3.66. The van der Waals surface area contributed by atoms with E-state index in [1.165, 1.54) is 64.0 Å². The van der Waals surface area contributed by atoms with E-state index in [9.17, 15) is 10.5 Å². The molecule has 202 valence electrons. The van der Waals surface area contributed by atoms with Crippen molar-refractivity contribution in [3.8, 4) is 17.8 Å². The van der Waals surface area contributed by atoms with Gasteiger partial charge in [0.1, 0.15) is 12.1 Å². The number of nitrogens with zero attached hydrogens (tertiary/aromatic N) is 4. The number of hydrogen-bond acceptors (Lipinski definition) is 2. The first-order valence-electron chi connectivity index (χ1n) is 15.2. The summed E-state index contributed by atoms with van der Waals surface area (Å²) in [6, 6.07) is 39.3. The monoisotopic (exact) mass is 550 g/mol. The summed E-state index contributed by atoms with van der Waals surface area (Å²) in [7, 11) is 0. The van der Waals surface area contributed by atoms with Crippen LogP contribution in [0.25, 0.3) is 49.3 Å². The van der Waals surface area contributed by atoms with Crippen LogP contribution in [0.1, 0.15) is 49.3 Å². The van der Waals surface area contributed by atoms with Crippen LogP contribution >= 0.6 is 0 Å². The van der Waals surface area contributed by atoms with Gasteiger partial charge in [0.05, 0.1) is 33.2 Å². The number of hydrogen-bond donors (Lipinski definition) is 0. The molecular weight excluding hydrogens is 523 g/mol. The van der Waals surface area contributed by atoms with Crippen LogP contribution in [0.4, 0.5) is 0 Å². The second-order valence-electron chi connectivity index (χ2n) is 12.3.